The highest BCUT2D eigenvalue weighted by molar-refractivity contribution is 7.93. The first-order chi connectivity index (χ1) is 20.6. The molecule has 8 nitrogen and oxygen atoms in total. The highest BCUT2D eigenvalue weighted by Gasteiger charge is 2.44. The summed E-state index contributed by atoms with van der Waals surface area (Å²) < 4.78 is 73.3. The van der Waals surface area contributed by atoms with Gasteiger partial charge in [0.25, 0.3) is 15.9 Å². The molecule has 44 heavy (non-hydrogen) atoms. The second-order valence-corrected chi connectivity index (χ2v) is 17.8. The number of anilines is 1. The molecule has 0 aromatic heterocycles. The van der Waals surface area contributed by atoms with Gasteiger partial charge in [-0.05, 0) is 66.9 Å². The molecule has 1 unspecified atom stereocenters. The third-order valence-corrected chi connectivity index (χ3v) is 12.9. The van der Waals surface area contributed by atoms with Gasteiger partial charge in [-0.25, -0.2) is 21.0 Å². The molecule has 0 N–H and O–H groups in total. The van der Waals surface area contributed by atoms with Crippen molar-refractivity contribution in [1.29, 1.82) is 0 Å². The zero-order valence-corrected chi connectivity index (χ0v) is 27.4. The lowest BCUT2D eigenvalue weighted by molar-refractivity contribution is 0.100. The van der Waals surface area contributed by atoms with Gasteiger partial charge < -0.3 is 0 Å². The Kier molecular flexibility index (Phi) is 8.34. The van der Waals surface area contributed by atoms with Crippen molar-refractivity contribution in [2.45, 2.75) is 47.3 Å². The number of nitrogens with zero attached hydrogens (tertiary/aromatic N) is 2. The SMILES string of the molecule is Cc1ccc(S(=O)(=O)N2CC(C)(C)c3c2ccc(CCS(=O)(=O)c2ccccc2)c3C(=O)N=S(C)(=O)c2ccccc2)cc1. The van der Waals surface area contributed by atoms with E-state index in [0.717, 1.165) is 5.56 Å². The Morgan fingerprint density at radius 2 is 1.34 bits per heavy atom. The quantitative estimate of drug-likeness (QED) is 0.238. The Morgan fingerprint density at radius 3 is 1.93 bits per heavy atom. The third kappa shape index (κ3) is 6.09. The lowest BCUT2D eigenvalue weighted by Crippen LogP contribution is -2.34. The fraction of sp³-hybridized carbons (Fsp3) is 0.242. The molecule has 0 fully saturated rings. The van der Waals surface area contributed by atoms with Crippen LogP contribution in [0, 0.1) is 6.92 Å². The number of amides is 1. The molecule has 1 heterocycles. The first-order valence-electron chi connectivity index (χ1n) is 14.0. The van der Waals surface area contributed by atoms with Gasteiger partial charge in [-0.3, -0.25) is 9.10 Å². The zero-order chi connectivity index (χ0) is 31.9. The summed E-state index contributed by atoms with van der Waals surface area (Å²) >= 11 is 0. The van der Waals surface area contributed by atoms with Gasteiger partial charge in [0.2, 0.25) is 0 Å². The van der Waals surface area contributed by atoms with Crippen molar-refractivity contribution in [3.05, 3.63) is 119 Å². The van der Waals surface area contributed by atoms with Crippen molar-refractivity contribution in [2.24, 2.45) is 4.36 Å². The van der Waals surface area contributed by atoms with Crippen molar-refractivity contribution in [2.75, 3.05) is 22.9 Å². The highest BCUT2D eigenvalue weighted by Crippen LogP contribution is 2.46. The van der Waals surface area contributed by atoms with Crippen LogP contribution in [0.25, 0.3) is 0 Å². The standard InChI is InChI=1S/C33H34N2O6S3/c1-24-15-18-28(19-16-24)44(40,41)35-23-33(2,3)31-29(35)20-17-25(21-22-43(38,39)27-13-9-6-10-14-27)30(31)32(36)34-42(4,37)26-11-7-5-8-12-26/h5-20H,21-23H2,1-4H3. The highest BCUT2D eigenvalue weighted by atomic mass is 32.2. The van der Waals surface area contributed by atoms with Gasteiger partial charge in [-0.1, -0.05) is 74.0 Å². The zero-order valence-electron chi connectivity index (χ0n) is 24.9. The summed E-state index contributed by atoms with van der Waals surface area (Å²) in [6.45, 7) is 5.58. The number of hydrogen-bond donors (Lipinski definition) is 0. The maximum absolute atomic E-state index is 14.1. The summed E-state index contributed by atoms with van der Waals surface area (Å²) in [4.78, 5) is 14.7. The van der Waals surface area contributed by atoms with Crippen LogP contribution in [-0.4, -0.2) is 45.5 Å². The minimum absolute atomic E-state index is 0.0296. The van der Waals surface area contributed by atoms with Crippen molar-refractivity contribution < 1.29 is 25.8 Å². The van der Waals surface area contributed by atoms with E-state index in [1.54, 1.807) is 84.9 Å². The number of aryl methyl sites for hydroxylation is 2. The first kappa shape index (κ1) is 31.6. The predicted octanol–water partition coefficient (Wildman–Crippen LogP) is 5.80. The summed E-state index contributed by atoms with van der Waals surface area (Å²) in [5.74, 6) is -1.07. The number of sulfonamides is 1. The smallest absolute Gasteiger partial charge is 0.266 e. The van der Waals surface area contributed by atoms with E-state index in [-0.39, 0.29) is 34.1 Å². The van der Waals surface area contributed by atoms with E-state index in [2.05, 4.69) is 4.36 Å². The summed E-state index contributed by atoms with van der Waals surface area (Å²) in [6, 6.07) is 26.2. The van der Waals surface area contributed by atoms with E-state index < -0.39 is 40.9 Å². The number of carbonyl (C=O) groups excluding carboxylic acids is 1. The van der Waals surface area contributed by atoms with Crippen LogP contribution in [0.5, 0.6) is 0 Å². The fourth-order valence-corrected chi connectivity index (χ4v) is 9.58. The minimum atomic E-state index is -4.01. The molecule has 0 saturated carbocycles. The molecule has 11 heteroatoms. The molecule has 1 aliphatic rings. The normalized spacial score (nSPS) is 15.8. The molecule has 0 bridgehead atoms. The van der Waals surface area contributed by atoms with Crippen LogP contribution >= 0.6 is 0 Å². The number of rotatable bonds is 8. The Bertz CT molecular complexity index is 2070. The van der Waals surface area contributed by atoms with Crippen LogP contribution in [0.3, 0.4) is 0 Å². The number of benzene rings is 4. The van der Waals surface area contributed by atoms with Crippen LogP contribution in [0.4, 0.5) is 5.69 Å². The number of fused-ring (bicyclic) bond motifs is 1. The van der Waals surface area contributed by atoms with Crippen molar-refractivity contribution in [1.82, 2.24) is 0 Å². The molecule has 0 radical (unpaired) electrons. The molecular formula is C33H34N2O6S3. The second-order valence-electron chi connectivity index (χ2n) is 11.6. The summed E-state index contributed by atoms with van der Waals surface area (Å²) in [6.07, 6.45) is 1.35. The third-order valence-electron chi connectivity index (χ3n) is 7.76. The maximum Gasteiger partial charge on any atom is 0.286 e. The van der Waals surface area contributed by atoms with Crippen LogP contribution in [0.2, 0.25) is 0 Å². The second kappa shape index (κ2) is 11.6. The largest absolute Gasteiger partial charge is 0.286 e. The predicted molar refractivity (Wildman–Crippen MR) is 173 cm³/mol. The van der Waals surface area contributed by atoms with E-state index in [0.29, 0.717) is 21.7 Å². The van der Waals surface area contributed by atoms with E-state index in [9.17, 15) is 25.8 Å². The van der Waals surface area contributed by atoms with E-state index in [4.69, 9.17) is 0 Å². The van der Waals surface area contributed by atoms with Gasteiger partial charge in [0.15, 0.2) is 9.84 Å². The Labute approximate surface area is 259 Å². The van der Waals surface area contributed by atoms with Crippen molar-refractivity contribution in [3.8, 4) is 0 Å². The number of hydrogen-bond acceptors (Lipinski definition) is 6. The van der Waals surface area contributed by atoms with Gasteiger partial charge in [-0.15, -0.1) is 0 Å². The van der Waals surface area contributed by atoms with Crippen LogP contribution in [0.1, 0.15) is 40.9 Å². The molecule has 0 saturated heterocycles. The monoisotopic (exact) mass is 650 g/mol. The van der Waals surface area contributed by atoms with E-state index in [1.807, 2.05) is 20.8 Å². The van der Waals surface area contributed by atoms with E-state index in [1.165, 1.54) is 22.7 Å². The molecular weight excluding hydrogens is 617 g/mol. The van der Waals surface area contributed by atoms with Crippen LogP contribution in [-0.2, 0) is 41.4 Å². The number of sulfone groups is 1. The van der Waals surface area contributed by atoms with Gasteiger partial charge in [0.1, 0.15) is 0 Å². The Morgan fingerprint density at radius 1 is 0.773 bits per heavy atom. The average molecular weight is 651 g/mol. The maximum atomic E-state index is 14.1. The lowest BCUT2D eigenvalue weighted by atomic mass is 9.81. The number of carbonyl (C=O) groups is 1. The molecule has 5 rings (SSSR count). The van der Waals surface area contributed by atoms with Crippen LogP contribution in [0.15, 0.2) is 116 Å². The van der Waals surface area contributed by atoms with Gasteiger partial charge in [-0.2, -0.15) is 4.36 Å². The van der Waals surface area contributed by atoms with Gasteiger partial charge in [0, 0.05) is 23.1 Å². The van der Waals surface area contributed by atoms with Crippen molar-refractivity contribution >= 4 is 41.2 Å². The molecule has 230 valence electrons. The fourth-order valence-electron chi connectivity index (χ4n) is 5.48. The summed E-state index contributed by atoms with van der Waals surface area (Å²) in [7, 11) is -10.9. The van der Waals surface area contributed by atoms with Crippen LogP contribution < -0.4 is 4.31 Å². The first-order valence-corrected chi connectivity index (χ1v) is 19.0. The summed E-state index contributed by atoms with van der Waals surface area (Å²) in [5.41, 5.74) is 1.28. The molecule has 0 spiro atoms. The van der Waals surface area contributed by atoms with Gasteiger partial charge in [0.05, 0.1) is 36.5 Å². The van der Waals surface area contributed by atoms with Crippen molar-refractivity contribution in [3.63, 3.8) is 0 Å². The molecule has 1 amide bonds. The van der Waals surface area contributed by atoms with E-state index >= 15 is 0 Å². The molecule has 0 aliphatic carbocycles. The topological polar surface area (TPSA) is 118 Å². The summed E-state index contributed by atoms with van der Waals surface area (Å²) in [5, 5.41) is 0. The molecule has 1 atom stereocenters. The molecule has 1 aliphatic heterocycles. The minimum Gasteiger partial charge on any atom is -0.266 e. The Hall–Kier alpha value is -3.80. The lowest BCUT2D eigenvalue weighted by Gasteiger charge is -2.22. The Balaban J connectivity index is 1.67. The molecule has 4 aromatic rings. The van der Waals surface area contributed by atoms with Gasteiger partial charge >= 0.3 is 0 Å². The molecule has 4 aromatic carbocycles. The average Bonchev–Trinajstić information content (AvgIpc) is 3.28.